The summed E-state index contributed by atoms with van der Waals surface area (Å²) < 4.78 is 9.72. The van der Waals surface area contributed by atoms with Crippen LogP contribution in [0.3, 0.4) is 0 Å². The van der Waals surface area contributed by atoms with Crippen molar-refractivity contribution in [3.63, 3.8) is 0 Å². The lowest BCUT2D eigenvalue weighted by Crippen LogP contribution is -2.49. The fraction of sp³-hybridized carbons (Fsp3) is 0.800. The number of amides is 1. The number of carbonyl (C=O) groups is 3. The van der Waals surface area contributed by atoms with Crippen LogP contribution in [0.2, 0.25) is 0 Å². The van der Waals surface area contributed by atoms with E-state index in [2.05, 4.69) is 5.32 Å². The predicted molar refractivity (Wildman–Crippen MR) is 85.3 cm³/mol. The Hall–Kier alpha value is -1.67. The zero-order valence-corrected chi connectivity index (χ0v) is 14.0. The largest absolute Gasteiger partial charge is 0.466 e. The van der Waals surface area contributed by atoms with Crippen LogP contribution in [0.4, 0.5) is 0 Å². The molecule has 8 nitrogen and oxygen atoms in total. The van der Waals surface area contributed by atoms with Gasteiger partial charge in [-0.25, -0.2) is 4.79 Å². The maximum absolute atomic E-state index is 12.0. The Morgan fingerprint density at radius 2 is 1.70 bits per heavy atom. The molecule has 134 valence electrons. The van der Waals surface area contributed by atoms with Crippen LogP contribution in [0.25, 0.3) is 0 Å². The van der Waals surface area contributed by atoms with Gasteiger partial charge in [-0.05, 0) is 39.7 Å². The maximum Gasteiger partial charge on any atom is 0.328 e. The van der Waals surface area contributed by atoms with Gasteiger partial charge in [0.1, 0.15) is 6.04 Å². The Labute approximate surface area is 137 Å². The molecular formula is C15H29N3O5. The molecule has 0 aromatic rings. The van der Waals surface area contributed by atoms with Crippen molar-refractivity contribution in [2.75, 3.05) is 19.8 Å². The number of ether oxygens (including phenoxy) is 2. The third-order valence-electron chi connectivity index (χ3n) is 3.14. The number of hydrogen-bond donors (Lipinski definition) is 3. The number of rotatable bonds is 12. The molecule has 0 aliphatic heterocycles. The smallest absolute Gasteiger partial charge is 0.328 e. The highest BCUT2D eigenvalue weighted by Crippen LogP contribution is 2.05. The van der Waals surface area contributed by atoms with E-state index in [0.717, 1.165) is 12.8 Å². The number of hydrogen-bond acceptors (Lipinski definition) is 7. The van der Waals surface area contributed by atoms with Crippen LogP contribution in [0.5, 0.6) is 0 Å². The number of nitrogens with two attached hydrogens (primary N) is 2. The molecule has 2 atom stereocenters. The van der Waals surface area contributed by atoms with E-state index in [9.17, 15) is 14.4 Å². The Bertz CT molecular complexity index is 376. The van der Waals surface area contributed by atoms with Crippen LogP contribution < -0.4 is 16.8 Å². The normalized spacial score (nSPS) is 13.0. The molecule has 0 radical (unpaired) electrons. The monoisotopic (exact) mass is 331 g/mol. The Balaban J connectivity index is 4.52. The summed E-state index contributed by atoms with van der Waals surface area (Å²) in [5, 5.41) is 2.55. The molecule has 1 amide bonds. The summed E-state index contributed by atoms with van der Waals surface area (Å²) in [7, 11) is 0. The minimum Gasteiger partial charge on any atom is -0.466 e. The van der Waals surface area contributed by atoms with Crippen LogP contribution in [-0.2, 0) is 23.9 Å². The van der Waals surface area contributed by atoms with Crippen molar-refractivity contribution in [1.29, 1.82) is 0 Å². The van der Waals surface area contributed by atoms with Crippen molar-refractivity contribution < 1.29 is 23.9 Å². The quantitative estimate of drug-likeness (QED) is 0.334. The molecule has 8 heteroatoms. The zero-order chi connectivity index (χ0) is 17.7. The first-order valence-corrected chi connectivity index (χ1v) is 8.04. The Kier molecular flexibility index (Phi) is 11.9. The number of carbonyl (C=O) groups excluding carboxylic acids is 3. The van der Waals surface area contributed by atoms with Crippen molar-refractivity contribution in [2.45, 2.75) is 58.0 Å². The maximum atomic E-state index is 12.0. The molecule has 2 unspecified atom stereocenters. The van der Waals surface area contributed by atoms with E-state index in [1.165, 1.54) is 0 Å². The number of nitrogens with one attached hydrogen (secondary N) is 1. The van der Waals surface area contributed by atoms with Gasteiger partial charge >= 0.3 is 11.9 Å². The Morgan fingerprint density at radius 1 is 1.04 bits per heavy atom. The molecule has 23 heavy (non-hydrogen) atoms. The molecule has 0 heterocycles. The van der Waals surface area contributed by atoms with Crippen LogP contribution in [0.15, 0.2) is 0 Å². The summed E-state index contributed by atoms with van der Waals surface area (Å²) in [4.78, 5) is 35.3. The molecule has 0 saturated carbocycles. The van der Waals surface area contributed by atoms with Gasteiger partial charge in [-0.3, -0.25) is 9.59 Å². The first kappa shape index (κ1) is 21.3. The van der Waals surface area contributed by atoms with Gasteiger partial charge in [-0.2, -0.15) is 0 Å². The van der Waals surface area contributed by atoms with E-state index in [-0.39, 0.29) is 26.1 Å². The SMILES string of the molecule is CCOC(=O)CCC(NC(=O)C(N)CCCCN)C(=O)OCC. The summed E-state index contributed by atoms with van der Waals surface area (Å²) in [6.07, 6.45) is 2.12. The van der Waals surface area contributed by atoms with Gasteiger partial charge in [-0.1, -0.05) is 6.42 Å². The molecule has 0 rings (SSSR count). The second-order valence-electron chi connectivity index (χ2n) is 5.05. The van der Waals surface area contributed by atoms with Crippen LogP contribution in [0, 0.1) is 0 Å². The van der Waals surface area contributed by atoms with E-state index >= 15 is 0 Å². The van der Waals surface area contributed by atoms with E-state index in [0.29, 0.717) is 13.0 Å². The van der Waals surface area contributed by atoms with Gasteiger partial charge in [0.25, 0.3) is 0 Å². The van der Waals surface area contributed by atoms with Crippen molar-refractivity contribution in [3.8, 4) is 0 Å². The topological polar surface area (TPSA) is 134 Å². The summed E-state index contributed by atoms with van der Waals surface area (Å²) in [5.41, 5.74) is 11.2. The van der Waals surface area contributed by atoms with Crippen LogP contribution in [0.1, 0.15) is 46.0 Å². The average Bonchev–Trinajstić information content (AvgIpc) is 2.51. The lowest BCUT2D eigenvalue weighted by molar-refractivity contribution is -0.149. The molecule has 0 aliphatic carbocycles. The molecule has 0 bridgehead atoms. The molecule has 0 aromatic carbocycles. The molecular weight excluding hydrogens is 302 g/mol. The lowest BCUT2D eigenvalue weighted by Gasteiger charge is -2.19. The van der Waals surface area contributed by atoms with Gasteiger partial charge in [0.05, 0.1) is 19.3 Å². The van der Waals surface area contributed by atoms with Gasteiger partial charge in [0.2, 0.25) is 5.91 Å². The van der Waals surface area contributed by atoms with E-state index in [1.807, 2.05) is 0 Å². The molecule has 0 spiro atoms. The third-order valence-corrected chi connectivity index (χ3v) is 3.14. The zero-order valence-electron chi connectivity index (χ0n) is 14.0. The first-order chi connectivity index (χ1) is 11.0. The van der Waals surface area contributed by atoms with Crippen LogP contribution in [-0.4, -0.2) is 49.7 Å². The molecule has 0 aliphatic rings. The second-order valence-corrected chi connectivity index (χ2v) is 5.05. The van der Waals surface area contributed by atoms with Crippen molar-refractivity contribution in [2.24, 2.45) is 11.5 Å². The average molecular weight is 331 g/mol. The van der Waals surface area contributed by atoms with Crippen molar-refractivity contribution in [1.82, 2.24) is 5.32 Å². The fourth-order valence-corrected chi connectivity index (χ4v) is 1.91. The molecule has 5 N–H and O–H groups in total. The van der Waals surface area contributed by atoms with Crippen molar-refractivity contribution >= 4 is 17.8 Å². The summed E-state index contributed by atoms with van der Waals surface area (Å²) in [6.45, 7) is 4.36. The molecule has 0 saturated heterocycles. The molecule has 0 fully saturated rings. The minimum absolute atomic E-state index is 0.0139. The first-order valence-electron chi connectivity index (χ1n) is 8.04. The minimum atomic E-state index is -0.910. The van der Waals surface area contributed by atoms with Gasteiger partial charge < -0.3 is 26.3 Å². The summed E-state index contributed by atoms with van der Waals surface area (Å²) in [6, 6.07) is -1.63. The third kappa shape index (κ3) is 9.85. The van der Waals surface area contributed by atoms with Gasteiger partial charge in [-0.15, -0.1) is 0 Å². The highest BCUT2D eigenvalue weighted by molar-refractivity contribution is 5.87. The van der Waals surface area contributed by atoms with Gasteiger partial charge in [0, 0.05) is 6.42 Å². The van der Waals surface area contributed by atoms with E-state index < -0.39 is 29.9 Å². The second kappa shape index (κ2) is 12.8. The number of unbranched alkanes of at least 4 members (excludes halogenated alkanes) is 1. The van der Waals surface area contributed by atoms with Gasteiger partial charge in [0.15, 0.2) is 0 Å². The predicted octanol–water partition coefficient (Wildman–Crippen LogP) is -0.166. The standard InChI is InChI=1S/C15H29N3O5/c1-3-22-13(19)9-8-12(15(21)23-4-2)18-14(20)11(17)7-5-6-10-16/h11-12H,3-10,16-17H2,1-2H3,(H,18,20). The van der Waals surface area contributed by atoms with Crippen molar-refractivity contribution in [3.05, 3.63) is 0 Å². The highest BCUT2D eigenvalue weighted by Gasteiger charge is 2.25. The summed E-state index contributed by atoms with van der Waals surface area (Å²) in [5.74, 6) is -1.45. The molecule has 0 aromatic heterocycles. The van der Waals surface area contributed by atoms with E-state index in [1.54, 1.807) is 13.8 Å². The van der Waals surface area contributed by atoms with E-state index in [4.69, 9.17) is 20.9 Å². The number of esters is 2. The lowest BCUT2D eigenvalue weighted by atomic mass is 10.1. The highest BCUT2D eigenvalue weighted by atomic mass is 16.5. The fourth-order valence-electron chi connectivity index (χ4n) is 1.91. The summed E-state index contributed by atoms with van der Waals surface area (Å²) >= 11 is 0. The Morgan fingerprint density at radius 3 is 2.26 bits per heavy atom. The van der Waals surface area contributed by atoms with Crippen LogP contribution >= 0.6 is 0 Å².